The van der Waals surface area contributed by atoms with Crippen LogP contribution in [-0.4, -0.2) is 9.97 Å². The summed E-state index contributed by atoms with van der Waals surface area (Å²) in [6.07, 6.45) is 0. The third kappa shape index (κ3) is 2.69. The lowest BCUT2D eigenvalue weighted by Gasteiger charge is -2.20. The lowest BCUT2D eigenvalue weighted by atomic mass is 9.92. The maximum Gasteiger partial charge on any atom is 0.197 e. The first-order chi connectivity index (χ1) is 8.29. The standard InChI is InChI=1S/C13H14ClIN2O/c1-7-5-6-8(18-7)12-16-10(13(2,3)4)9(15)11(14)17-12/h5-6H,1-4H3. The van der Waals surface area contributed by atoms with Crippen molar-refractivity contribution >= 4 is 34.2 Å². The van der Waals surface area contributed by atoms with Gasteiger partial charge in [-0.25, -0.2) is 9.97 Å². The average Bonchev–Trinajstić information content (AvgIpc) is 2.67. The Hall–Kier alpha value is -0.620. The normalized spacial score (nSPS) is 11.9. The molecular formula is C13H14ClIN2O. The largest absolute Gasteiger partial charge is 0.458 e. The van der Waals surface area contributed by atoms with E-state index in [0.29, 0.717) is 16.7 Å². The molecule has 0 amide bonds. The summed E-state index contributed by atoms with van der Waals surface area (Å²) >= 11 is 8.37. The Labute approximate surface area is 125 Å². The molecule has 0 aliphatic rings. The van der Waals surface area contributed by atoms with Crippen LogP contribution in [0.4, 0.5) is 0 Å². The van der Waals surface area contributed by atoms with Gasteiger partial charge in [0.15, 0.2) is 11.6 Å². The van der Waals surface area contributed by atoms with E-state index >= 15 is 0 Å². The van der Waals surface area contributed by atoms with Crippen LogP contribution in [0.15, 0.2) is 16.5 Å². The van der Waals surface area contributed by atoms with Crippen molar-refractivity contribution in [2.45, 2.75) is 33.1 Å². The highest BCUT2D eigenvalue weighted by atomic mass is 127. The number of rotatable bonds is 1. The number of halogens is 2. The van der Waals surface area contributed by atoms with Gasteiger partial charge in [-0.1, -0.05) is 32.4 Å². The number of aromatic nitrogens is 2. The fraction of sp³-hybridized carbons (Fsp3) is 0.385. The molecule has 96 valence electrons. The Balaban J connectivity index is 2.61. The fourth-order valence-corrected chi connectivity index (χ4v) is 2.80. The van der Waals surface area contributed by atoms with Gasteiger partial charge in [0.1, 0.15) is 10.9 Å². The van der Waals surface area contributed by atoms with Gasteiger partial charge >= 0.3 is 0 Å². The van der Waals surface area contributed by atoms with Crippen LogP contribution in [0.25, 0.3) is 11.6 Å². The van der Waals surface area contributed by atoms with E-state index in [0.717, 1.165) is 15.0 Å². The van der Waals surface area contributed by atoms with Crippen LogP contribution in [0.3, 0.4) is 0 Å². The van der Waals surface area contributed by atoms with E-state index in [1.807, 2.05) is 19.1 Å². The van der Waals surface area contributed by atoms with E-state index in [9.17, 15) is 0 Å². The second kappa shape index (κ2) is 4.81. The highest BCUT2D eigenvalue weighted by Crippen LogP contribution is 2.31. The van der Waals surface area contributed by atoms with Gasteiger partial charge in [0.2, 0.25) is 0 Å². The minimum absolute atomic E-state index is 0.0838. The molecule has 0 fully saturated rings. The molecule has 0 unspecified atom stereocenters. The predicted octanol–water partition coefficient (Wildman–Crippen LogP) is 4.60. The Morgan fingerprint density at radius 2 is 1.89 bits per heavy atom. The van der Waals surface area contributed by atoms with Crippen molar-refractivity contribution in [1.29, 1.82) is 0 Å². The van der Waals surface area contributed by atoms with Gasteiger partial charge in [0, 0.05) is 5.41 Å². The average molecular weight is 377 g/mol. The molecule has 0 saturated heterocycles. The van der Waals surface area contributed by atoms with Gasteiger partial charge in [0.25, 0.3) is 0 Å². The van der Waals surface area contributed by atoms with Crippen molar-refractivity contribution in [2.24, 2.45) is 0 Å². The topological polar surface area (TPSA) is 38.9 Å². The number of hydrogen-bond acceptors (Lipinski definition) is 3. The second-order valence-corrected chi connectivity index (χ2v) is 6.60. The summed E-state index contributed by atoms with van der Waals surface area (Å²) in [6.45, 7) is 8.20. The quantitative estimate of drug-likeness (QED) is 0.539. The molecule has 18 heavy (non-hydrogen) atoms. The van der Waals surface area contributed by atoms with E-state index in [-0.39, 0.29) is 5.41 Å². The Kier molecular flexibility index (Phi) is 3.69. The van der Waals surface area contributed by atoms with Crippen molar-refractivity contribution in [3.63, 3.8) is 0 Å². The zero-order valence-electron chi connectivity index (χ0n) is 10.7. The molecule has 2 rings (SSSR count). The second-order valence-electron chi connectivity index (χ2n) is 5.16. The fourth-order valence-electron chi connectivity index (χ4n) is 1.58. The van der Waals surface area contributed by atoms with Crippen LogP contribution in [0, 0.1) is 10.5 Å². The summed E-state index contributed by atoms with van der Waals surface area (Å²) < 4.78 is 6.44. The monoisotopic (exact) mass is 376 g/mol. The zero-order valence-corrected chi connectivity index (χ0v) is 13.6. The van der Waals surface area contributed by atoms with Crippen LogP contribution in [0.1, 0.15) is 32.2 Å². The van der Waals surface area contributed by atoms with E-state index in [1.165, 1.54) is 0 Å². The highest BCUT2D eigenvalue weighted by molar-refractivity contribution is 14.1. The number of furan rings is 1. The third-order valence-corrected chi connectivity index (χ3v) is 4.10. The lowest BCUT2D eigenvalue weighted by molar-refractivity contribution is 0.536. The van der Waals surface area contributed by atoms with Crippen molar-refractivity contribution < 1.29 is 4.42 Å². The SMILES string of the molecule is Cc1ccc(-c2nc(Cl)c(I)c(C(C)(C)C)n2)o1. The van der Waals surface area contributed by atoms with Gasteiger partial charge in [-0.15, -0.1) is 0 Å². The van der Waals surface area contributed by atoms with Crippen LogP contribution < -0.4 is 0 Å². The molecule has 0 bridgehead atoms. The van der Waals surface area contributed by atoms with E-state index < -0.39 is 0 Å². The molecule has 2 aromatic heterocycles. The van der Waals surface area contributed by atoms with Gasteiger partial charge in [0.05, 0.1) is 9.26 Å². The number of hydrogen-bond donors (Lipinski definition) is 0. The van der Waals surface area contributed by atoms with Crippen LogP contribution >= 0.6 is 34.2 Å². The minimum Gasteiger partial charge on any atom is -0.458 e. The van der Waals surface area contributed by atoms with Crippen molar-refractivity contribution in [1.82, 2.24) is 9.97 Å². The third-order valence-electron chi connectivity index (χ3n) is 2.48. The maximum atomic E-state index is 6.18. The van der Waals surface area contributed by atoms with Gasteiger partial charge in [-0.2, -0.15) is 0 Å². The van der Waals surface area contributed by atoms with Crippen molar-refractivity contribution in [3.05, 3.63) is 32.3 Å². The molecule has 0 N–H and O–H groups in total. The first-order valence-corrected chi connectivity index (χ1v) is 7.05. The predicted molar refractivity (Wildman–Crippen MR) is 80.9 cm³/mol. The summed E-state index contributed by atoms with van der Waals surface area (Å²) in [6, 6.07) is 3.75. The van der Waals surface area contributed by atoms with Gasteiger partial charge in [-0.3, -0.25) is 0 Å². The molecule has 0 atom stereocenters. The molecule has 0 spiro atoms. The van der Waals surface area contributed by atoms with Gasteiger partial charge in [-0.05, 0) is 41.6 Å². The molecule has 2 aromatic rings. The summed E-state index contributed by atoms with van der Waals surface area (Å²) in [4.78, 5) is 8.87. The van der Waals surface area contributed by atoms with E-state index in [4.69, 9.17) is 16.0 Å². The summed E-state index contributed by atoms with van der Waals surface area (Å²) in [7, 11) is 0. The lowest BCUT2D eigenvalue weighted by Crippen LogP contribution is -2.17. The molecule has 0 radical (unpaired) electrons. The van der Waals surface area contributed by atoms with Crippen LogP contribution in [0.5, 0.6) is 0 Å². The smallest absolute Gasteiger partial charge is 0.197 e. The first kappa shape index (κ1) is 13.8. The highest BCUT2D eigenvalue weighted by Gasteiger charge is 2.23. The maximum absolute atomic E-state index is 6.18. The zero-order chi connectivity index (χ0) is 13.5. The van der Waals surface area contributed by atoms with Crippen LogP contribution in [-0.2, 0) is 5.41 Å². The number of nitrogens with zero attached hydrogens (tertiary/aromatic N) is 2. The molecule has 0 saturated carbocycles. The summed E-state index contributed by atoms with van der Waals surface area (Å²) in [5.74, 6) is 2.02. The van der Waals surface area contributed by atoms with Crippen LogP contribution in [0.2, 0.25) is 5.15 Å². The number of aryl methyl sites for hydroxylation is 1. The molecular weight excluding hydrogens is 363 g/mol. The van der Waals surface area contributed by atoms with Crippen molar-refractivity contribution in [2.75, 3.05) is 0 Å². The summed E-state index contributed by atoms with van der Waals surface area (Å²) in [5.41, 5.74) is 0.853. The van der Waals surface area contributed by atoms with E-state index in [2.05, 4.69) is 53.3 Å². The molecule has 0 aliphatic heterocycles. The Morgan fingerprint density at radius 3 is 2.39 bits per heavy atom. The van der Waals surface area contributed by atoms with Crippen molar-refractivity contribution in [3.8, 4) is 11.6 Å². The van der Waals surface area contributed by atoms with E-state index in [1.54, 1.807) is 0 Å². The van der Waals surface area contributed by atoms with Gasteiger partial charge < -0.3 is 4.42 Å². The first-order valence-electron chi connectivity index (χ1n) is 5.59. The molecule has 0 aliphatic carbocycles. The molecule has 0 aromatic carbocycles. The Bertz CT molecular complexity index is 587. The molecule has 3 nitrogen and oxygen atoms in total. The minimum atomic E-state index is -0.0838. The molecule has 5 heteroatoms. The molecule has 2 heterocycles. The Morgan fingerprint density at radius 1 is 1.22 bits per heavy atom. The summed E-state index contributed by atoms with van der Waals surface area (Å²) in [5, 5.41) is 0.472.